The van der Waals surface area contributed by atoms with Crippen LogP contribution in [-0.4, -0.2) is 26.4 Å². The zero-order valence-electron chi connectivity index (χ0n) is 17.6. The van der Waals surface area contributed by atoms with E-state index in [0.29, 0.717) is 10.9 Å². The van der Waals surface area contributed by atoms with E-state index < -0.39 is 23.7 Å². The van der Waals surface area contributed by atoms with E-state index in [1.165, 1.54) is 29.7 Å². The van der Waals surface area contributed by atoms with E-state index in [9.17, 15) is 22.8 Å². The summed E-state index contributed by atoms with van der Waals surface area (Å²) in [5.41, 5.74) is 5.07. The van der Waals surface area contributed by atoms with E-state index in [0.717, 1.165) is 48.3 Å². The lowest BCUT2D eigenvalue weighted by Gasteiger charge is -2.09. The zero-order valence-corrected chi connectivity index (χ0v) is 18.4. The van der Waals surface area contributed by atoms with Gasteiger partial charge in [0, 0.05) is 10.9 Å². The number of nitrogens with one attached hydrogen (secondary N) is 1. The van der Waals surface area contributed by atoms with Crippen LogP contribution in [0.5, 0.6) is 0 Å². The fourth-order valence-corrected chi connectivity index (χ4v) is 5.39. The molecule has 0 aromatic carbocycles. The van der Waals surface area contributed by atoms with E-state index >= 15 is 0 Å². The number of aromatic nitrogens is 3. The van der Waals surface area contributed by atoms with Gasteiger partial charge in [-0.25, -0.2) is 9.50 Å². The monoisotopic (exact) mass is 489 g/mol. The Balaban J connectivity index is 1.54. The first-order valence-corrected chi connectivity index (χ1v) is 11.3. The molecule has 2 amide bonds. The van der Waals surface area contributed by atoms with E-state index in [2.05, 4.69) is 15.4 Å². The lowest BCUT2D eigenvalue weighted by atomic mass is 10.1. The zero-order chi connectivity index (χ0) is 24.0. The summed E-state index contributed by atoms with van der Waals surface area (Å²) in [4.78, 5) is 30.3. The molecule has 0 aliphatic heterocycles. The van der Waals surface area contributed by atoms with E-state index in [-0.39, 0.29) is 33.4 Å². The lowest BCUT2D eigenvalue weighted by molar-refractivity contribution is -0.142. The van der Waals surface area contributed by atoms with Gasteiger partial charge in [0.2, 0.25) is 0 Å². The summed E-state index contributed by atoms with van der Waals surface area (Å²) in [6.07, 6.45) is 0.942. The Morgan fingerprint density at radius 2 is 1.97 bits per heavy atom. The van der Waals surface area contributed by atoms with Gasteiger partial charge in [-0.05, 0) is 49.4 Å². The number of hydrogen-bond donors (Lipinski definition) is 2. The van der Waals surface area contributed by atoms with Crippen LogP contribution in [0.15, 0.2) is 34.9 Å². The molecule has 0 radical (unpaired) electrons. The second-order valence-corrected chi connectivity index (χ2v) is 8.99. The van der Waals surface area contributed by atoms with Gasteiger partial charge in [0.05, 0.1) is 11.8 Å². The summed E-state index contributed by atoms with van der Waals surface area (Å²) in [5, 5.41) is 6.75. The molecule has 8 nitrogen and oxygen atoms in total. The molecule has 4 aromatic heterocycles. The third-order valence-corrected chi connectivity index (χ3v) is 6.83. The van der Waals surface area contributed by atoms with Gasteiger partial charge in [0.25, 0.3) is 11.8 Å². The number of fused-ring (bicyclic) bond motifs is 2. The number of carbonyl (C=O) groups is 2. The van der Waals surface area contributed by atoms with Gasteiger partial charge in [-0.1, -0.05) is 6.42 Å². The molecule has 0 unspecified atom stereocenters. The normalized spacial score (nSPS) is 14.1. The van der Waals surface area contributed by atoms with Gasteiger partial charge in [-0.2, -0.15) is 18.3 Å². The van der Waals surface area contributed by atoms with Crippen LogP contribution in [0.3, 0.4) is 0 Å². The molecule has 1 aliphatic rings. The number of anilines is 1. The van der Waals surface area contributed by atoms with Crippen LogP contribution in [0.25, 0.3) is 17.1 Å². The Hall–Kier alpha value is -3.67. The minimum absolute atomic E-state index is 0.0466. The SMILES string of the molecule is NC(=O)c1c(NC(=O)c2cc3nc(-c4ccco4)cc(C(F)(F)F)n3n2)sc2c1CCCCC2. The molecule has 0 bridgehead atoms. The second-order valence-electron chi connectivity index (χ2n) is 7.89. The van der Waals surface area contributed by atoms with Gasteiger partial charge in [0.15, 0.2) is 22.8 Å². The largest absolute Gasteiger partial charge is 0.463 e. The van der Waals surface area contributed by atoms with E-state index in [1.807, 2.05) is 0 Å². The van der Waals surface area contributed by atoms with Crippen LogP contribution in [0.2, 0.25) is 0 Å². The average Bonchev–Trinajstić information content (AvgIpc) is 3.48. The molecule has 176 valence electrons. The lowest BCUT2D eigenvalue weighted by Crippen LogP contribution is -2.18. The van der Waals surface area contributed by atoms with Gasteiger partial charge in [-0.15, -0.1) is 11.3 Å². The molecule has 0 spiro atoms. The van der Waals surface area contributed by atoms with Crippen molar-refractivity contribution < 1.29 is 27.2 Å². The summed E-state index contributed by atoms with van der Waals surface area (Å²) in [7, 11) is 0. The predicted molar refractivity (Wildman–Crippen MR) is 118 cm³/mol. The highest BCUT2D eigenvalue weighted by Crippen LogP contribution is 2.38. The summed E-state index contributed by atoms with van der Waals surface area (Å²) < 4.78 is 46.9. The molecule has 4 aromatic rings. The smallest absolute Gasteiger partial charge is 0.433 e. The van der Waals surface area contributed by atoms with Crippen molar-refractivity contribution in [1.29, 1.82) is 0 Å². The van der Waals surface area contributed by atoms with Crippen LogP contribution >= 0.6 is 11.3 Å². The Labute approximate surface area is 194 Å². The molecule has 0 saturated carbocycles. The second kappa shape index (κ2) is 8.28. The van der Waals surface area contributed by atoms with E-state index in [1.54, 1.807) is 0 Å². The number of rotatable bonds is 4. The van der Waals surface area contributed by atoms with Crippen LogP contribution in [0.4, 0.5) is 18.2 Å². The average molecular weight is 489 g/mol. The number of aryl methyl sites for hydroxylation is 1. The molecule has 0 saturated heterocycles. The van der Waals surface area contributed by atoms with Gasteiger partial charge >= 0.3 is 6.18 Å². The van der Waals surface area contributed by atoms with Gasteiger partial charge in [0.1, 0.15) is 10.7 Å². The molecule has 0 fully saturated rings. The Bertz CT molecular complexity index is 1410. The number of thiophene rings is 1. The highest BCUT2D eigenvalue weighted by molar-refractivity contribution is 7.17. The minimum atomic E-state index is -4.76. The molecular weight excluding hydrogens is 471 g/mol. The molecule has 3 N–H and O–H groups in total. The summed E-state index contributed by atoms with van der Waals surface area (Å²) >= 11 is 1.27. The number of halogens is 3. The fourth-order valence-electron chi connectivity index (χ4n) is 4.10. The number of nitrogens with two attached hydrogens (primary N) is 1. The molecule has 5 rings (SSSR count). The number of nitrogens with zero attached hydrogens (tertiary/aromatic N) is 3. The first kappa shape index (κ1) is 22.1. The maximum Gasteiger partial charge on any atom is 0.433 e. The van der Waals surface area contributed by atoms with Crippen molar-refractivity contribution in [2.75, 3.05) is 5.32 Å². The van der Waals surface area contributed by atoms with Crippen molar-refractivity contribution in [2.45, 2.75) is 38.3 Å². The van der Waals surface area contributed by atoms with Crippen molar-refractivity contribution in [3.63, 3.8) is 0 Å². The van der Waals surface area contributed by atoms with Crippen molar-refractivity contribution in [3.8, 4) is 11.5 Å². The third-order valence-electron chi connectivity index (χ3n) is 5.62. The molecule has 12 heteroatoms. The summed E-state index contributed by atoms with van der Waals surface area (Å²) in [5.74, 6) is -1.28. The number of furan rings is 1. The van der Waals surface area contributed by atoms with Crippen LogP contribution < -0.4 is 11.1 Å². The number of hydrogen-bond acceptors (Lipinski definition) is 6. The first-order valence-electron chi connectivity index (χ1n) is 10.5. The Kier molecular flexibility index (Phi) is 5.39. The molecular formula is C22H18F3N5O3S. The Morgan fingerprint density at radius 3 is 2.68 bits per heavy atom. The quantitative estimate of drug-likeness (QED) is 0.404. The number of carbonyl (C=O) groups excluding carboxylic acids is 2. The van der Waals surface area contributed by atoms with Crippen molar-refractivity contribution in [2.24, 2.45) is 5.73 Å². The van der Waals surface area contributed by atoms with Crippen molar-refractivity contribution in [1.82, 2.24) is 14.6 Å². The van der Waals surface area contributed by atoms with Crippen LogP contribution in [0, 0.1) is 0 Å². The first-order chi connectivity index (χ1) is 16.2. The highest BCUT2D eigenvalue weighted by atomic mass is 32.1. The topological polar surface area (TPSA) is 116 Å². The van der Waals surface area contributed by atoms with Gasteiger partial charge in [-0.3, -0.25) is 9.59 Å². The van der Waals surface area contributed by atoms with Crippen LogP contribution in [0.1, 0.15) is 56.2 Å². The summed E-state index contributed by atoms with van der Waals surface area (Å²) in [6.45, 7) is 0. The maximum atomic E-state index is 13.7. The van der Waals surface area contributed by atoms with Crippen LogP contribution in [-0.2, 0) is 19.0 Å². The fraction of sp³-hybridized carbons (Fsp3) is 0.273. The van der Waals surface area contributed by atoms with Crippen molar-refractivity contribution >= 4 is 33.8 Å². The maximum absolute atomic E-state index is 13.7. The number of primary amides is 1. The third kappa shape index (κ3) is 3.94. The number of alkyl halides is 3. The Morgan fingerprint density at radius 1 is 1.18 bits per heavy atom. The standard InChI is InChI=1S/C22H18F3N5O3S/c23-22(24,25)16-9-12(14-6-4-8-33-14)27-17-10-13(29-30(16)17)20(32)28-21-18(19(26)31)11-5-2-1-3-7-15(11)34-21/h4,6,8-10H,1-3,5,7H2,(H2,26,31)(H,28,32). The highest BCUT2D eigenvalue weighted by Gasteiger charge is 2.36. The minimum Gasteiger partial charge on any atom is -0.463 e. The molecule has 34 heavy (non-hydrogen) atoms. The molecule has 0 atom stereocenters. The predicted octanol–water partition coefficient (Wildman–Crippen LogP) is 4.69. The molecule has 4 heterocycles. The number of amides is 2. The van der Waals surface area contributed by atoms with Crippen molar-refractivity contribution in [3.05, 3.63) is 57.9 Å². The van der Waals surface area contributed by atoms with E-state index in [4.69, 9.17) is 10.2 Å². The van der Waals surface area contributed by atoms with Gasteiger partial charge < -0.3 is 15.5 Å². The summed E-state index contributed by atoms with van der Waals surface area (Å²) in [6, 6.07) is 4.97. The molecule has 1 aliphatic carbocycles.